The summed E-state index contributed by atoms with van der Waals surface area (Å²) in [7, 11) is 1.56. The summed E-state index contributed by atoms with van der Waals surface area (Å²) in [4.78, 5) is 8.68. The molecule has 2 fully saturated rings. The Balaban J connectivity index is 0.651. The van der Waals surface area contributed by atoms with E-state index in [9.17, 15) is 14.6 Å². The number of anilines is 2. The monoisotopic (exact) mass is 936 g/mol. The molecule has 4 unspecified atom stereocenters. The number of fused-ring (bicyclic) bond motifs is 6. The Bertz CT molecular complexity index is 2410. The molecule has 5 aromatic rings. The molecule has 2 saturated carbocycles. The van der Waals surface area contributed by atoms with Crippen LogP contribution in [0.5, 0.6) is 23.0 Å². The summed E-state index contributed by atoms with van der Waals surface area (Å²) in [5.41, 5.74) is 12.6. The van der Waals surface area contributed by atoms with Crippen molar-refractivity contribution in [3.05, 3.63) is 108 Å². The van der Waals surface area contributed by atoms with Gasteiger partial charge in [0.05, 0.1) is 71.6 Å². The number of hydrogen-bond donors (Lipinski definition) is 5. The van der Waals surface area contributed by atoms with Crippen molar-refractivity contribution in [3.8, 4) is 23.0 Å². The molecule has 0 aliphatic heterocycles. The van der Waals surface area contributed by atoms with E-state index in [0.29, 0.717) is 137 Å². The smallest absolute Gasteiger partial charge is 0.163 e. The lowest BCUT2D eigenvalue weighted by molar-refractivity contribution is -0.0323. The fourth-order valence-electron chi connectivity index (χ4n) is 10.7. The third kappa shape index (κ3) is 12.0. The molecule has 7 atom stereocenters. The predicted molar refractivity (Wildman–Crippen MR) is 255 cm³/mol. The Kier molecular flexibility index (Phi) is 17.1. The standard InChI is InChI=1S/C52H65FN6O9/c1-52-30-44(50-41-13-9-39(60)26-35(41)8-12-42(50)45(52)14-15-49(52)61)34-6-10-40(11-7-34)67-17-16-55-31-38(59-54)32-66-23-22-64-19-18-63-20-21-65-24-25-68-48-29-46-43(28-47(48)62-2)51(57-33-56-46)58-37-5-3-4-36(53)27-37/h3-7,9-11,13,26-29,33,38,42,44-45,49-50,54-55,60-61H,8,12,14-25,30-32H2,1-2H3,(H,56,57,58)/t38?,42?,44-,45?,49+,50?,52+/m1/s1. The van der Waals surface area contributed by atoms with Crippen molar-refractivity contribution in [2.45, 2.75) is 63.0 Å². The minimum atomic E-state index is -0.350. The van der Waals surface area contributed by atoms with Crippen LogP contribution in [0.3, 0.4) is 0 Å². The molecule has 1 aromatic heterocycles. The average Bonchev–Trinajstić information content (AvgIpc) is 3.65. The molecule has 0 bridgehead atoms. The van der Waals surface area contributed by atoms with Gasteiger partial charge in [-0.2, -0.15) is 5.11 Å². The Hall–Kier alpha value is -5.49. The summed E-state index contributed by atoms with van der Waals surface area (Å²) in [5.74, 6) is 4.00. The van der Waals surface area contributed by atoms with Gasteiger partial charge in [-0.1, -0.05) is 31.2 Å². The van der Waals surface area contributed by atoms with Crippen LogP contribution in [0.15, 0.2) is 90.3 Å². The molecular weight excluding hydrogens is 872 g/mol. The Morgan fingerprint density at radius 3 is 2.35 bits per heavy atom. The highest BCUT2D eigenvalue weighted by Gasteiger charge is 2.57. The van der Waals surface area contributed by atoms with Gasteiger partial charge >= 0.3 is 0 Å². The number of methoxy groups -OCH3 is 1. The van der Waals surface area contributed by atoms with Gasteiger partial charge in [-0.25, -0.2) is 19.9 Å². The number of aliphatic hydroxyl groups excluding tert-OH is 1. The van der Waals surface area contributed by atoms with Gasteiger partial charge in [0.1, 0.15) is 48.7 Å². The molecule has 0 saturated heterocycles. The number of aryl methyl sites for hydroxylation is 1. The number of rotatable bonds is 26. The number of phenolic OH excluding ortho intramolecular Hbond substituents is 1. The zero-order valence-corrected chi connectivity index (χ0v) is 39.0. The number of hydrogen-bond acceptors (Lipinski definition) is 15. The molecule has 0 spiro atoms. The fraction of sp³-hybridized carbons (Fsp3) is 0.500. The van der Waals surface area contributed by atoms with Gasteiger partial charge in [0.15, 0.2) is 11.5 Å². The summed E-state index contributed by atoms with van der Waals surface area (Å²) in [5, 5.41) is 32.3. The molecule has 8 rings (SSSR count). The lowest BCUT2D eigenvalue weighted by atomic mass is 9.51. The van der Waals surface area contributed by atoms with E-state index in [2.05, 4.69) is 63.0 Å². The number of phenols is 1. The summed E-state index contributed by atoms with van der Waals surface area (Å²) in [6.45, 7) is 7.25. The topological polar surface area (TPSA) is 191 Å². The molecule has 68 heavy (non-hydrogen) atoms. The highest BCUT2D eigenvalue weighted by Crippen LogP contribution is 2.65. The Labute approximate surface area is 397 Å². The highest BCUT2D eigenvalue weighted by atomic mass is 19.1. The Morgan fingerprint density at radius 1 is 0.838 bits per heavy atom. The van der Waals surface area contributed by atoms with Crippen LogP contribution in [-0.4, -0.2) is 119 Å². The van der Waals surface area contributed by atoms with Crippen LogP contribution in [0.25, 0.3) is 10.9 Å². The van der Waals surface area contributed by atoms with Gasteiger partial charge in [-0.05, 0) is 126 Å². The molecule has 0 amide bonds. The number of aromatic nitrogens is 2. The second-order valence-corrected chi connectivity index (χ2v) is 18.2. The van der Waals surface area contributed by atoms with Crippen molar-refractivity contribution in [1.29, 1.82) is 5.53 Å². The van der Waals surface area contributed by atoms with Crippen LogP contribution in [-0.2, 0) is 25.4 Å². The van der Waals surface area contributed by atoms with E-state index >= 15 is 0 Å². The summed E-state index contributed by atoms with van der Waals surface area (Å²) < 4.78 is 53.9. The number of aliphatic hydroxyl groups is 1. The van der Waals surface area contributed by atoms with Crippen molar-refractivity contribution in [1.82, 2.24) is 15.3 Å². The summed E-state index contributed by atoms with van der Waals surface area (Å²) in [6.07, 6.45) is 6.15. The second kappa shape index (κ2) is 23.7. The second-order valence-electron chi connectivity index (χ2n) is 18.2. The number of benzene rings is 4. The first kappa shape index (κ1) is 48.9. The first-order valence-corrected chi connectivity index (χ1v) is 23.8. The first-order chi connectivity index (χ1) is 33.2. The van der Waals surface area contributed by atoms with E-state index in [0.717, 1.165) is 37.9 Å². The number of nitrogens with one attached hydrogen (secondary N) is 3. The van der Waals surface area contributed by atoms with Crippen LogP contribution < -0.4 is 24.8 Å². The van der Waals surface area contributed by atoms with Gasteiger partial charge in [0.25, 0.3) is 0 Å². The predicted octanol–water partition coefficient (Wildman–Crippen LogP) is 8.35. The molecule has 364 valence electrons. The number of ether oxygens (including phenoxy) is 7. The van der Waals surface area contributed by atoms with Crippen LogP contribution >= 0.6 is 0 Å². The SMILES string of the molecule is COc1cc2c(Nc3cccc(F)c3)ncnc2cc1OCCOCCOCCOCCOCC(CNCCOc1ccc([C@H]2C[C@@]3(C)C(CC[C@@H]3O)C3CCc4cc(O)ccc4C32)cc1)N=N. The van der Waals surface area contributed by atoms with Gasteiger partial charge in [-0.15, -0.1) is 0 Å². The number of aromatic hydroxyl groups is 1. The van der Waals surface area contributed by atoms with Gasteiger partial charge in [-0.3, -0.25) is 0 Å². The summed E-state index contributed by atoms with van der Waals surface area (Å²) in [6, 6.07) is 23.8. The van der Waals surface area contributed by atoms with Crippen LogP contribution in [0, 0.1) is 28.6 Å². The van der Waals surface area contributed by atoms with E-state index in [1.807, 2.05) is 12.1 Å². The maximum Gasteiger partial charge on any atom is 0.163 e. The van der Waals surface area contributed by atoms with Crippen molar-refractivity contribution in [2.75, 3.05) is 91.6 Å². The highest BCUT2D eigenvalue weighted by molar-refractivity contribution is 5.93. The van der Waals surface area contributed by atoms with Crippen LogP contribution in [0.4, 0.5) is 15.9 Å². The number of nitrogens with zero attached hydrogens (tertiary/aromatic N) is 3. The largest absolute Gasteiger partial charge is 0.508 e. The van der Waals surface area contributed by atoms with E-state index in [1.54, 1.807) is 31.4 Å². The Morgan fingerprint density at radius 2 is 1.60 bits per heavy atom. The molecule has 1 heterocycles. The summed E-state index contributed by atoms with van der Waals surface area (Å²) >= 11 is 0. The lowest BCUT2D eigenvalue weighted by Crippen LogP contribution is -2.47. The zero-order chi connectivity index (χ0) is 47.3. The van der Waals surface area contributed by atoms with Crippen LogP contribution in [0.2, 0.25) is 0 Å². The van der Waals surface area contributed by atoms with Crippen molar-refractivity contribution >= 4 is 22.4 Å². The van der Waals surface area contributed by atoms with E-state index < -0.39 is 0 Å². The maximum atomic E-state index is 13.7. The quantitative estimate of drug-likeness (QED) is 0.0263. The van der Waals surface area contributed by atoms with Crippen molar-refractivity contribution in [2.24, 2.45) is 22.4 Å². The van der Waals surface area contributed by atoms with E-state index in [1.165, 1.54) is 35.2 Å². The van der Waals surface area contributed by atoms with Gasteiger partial charge < -0.3 is 54.0 Å². The molecule has 0 radical (unpaired) electrons. The first-order valence-electron chi connectivity index (χ1n) is 23.8. The molecule has 4 aromatic carbocycles. The minimum Gasteiger partial charge on any atom is -0.508 e. The van der Waals surface area contributed by atoms with E-state index in [-0.39, 0.29) is 29.3 Å². The molecule has 5 N–H and O–H groups in total. The normalized spacial score (nSPS) is 22.2. The molecule has 3 aliphatic carbocycles. The maximum absolute atomic E-state index is 13.7. The number of halogens is 1. The third-order valence-corrected chi connectivity index (χ3v) is 14.0. The molecule has 15 nitrogen and oxygen atoms in total. The molecule has 16 heteroatoms. The minimum absolute atomic E-state index is 0.0901. The van der Waals surface area contributed by atoms with Crippen molar-refractivity contribution < 1.29 is 47.8 Å². The third-order valence-electron chi connectivity index (χ3n) is 14.0. The van der Waals surface area contributed by atoms with Crippen molar-refractivity contribution in [3.63, 3.8) is 0 Å². The van der Waals surface area contributed by atoms with Gasteiger partial charge in [0.2, 0.25) is 0 Å². The fourth-order valence-corrected chi connectivity index (χ4v) is 10.7. The average molecular weight is 937 g/mol. The lowest BCUT2D eigenvalue weighted by Gasteiger charge is -2.54. The van der Waals surface area contributed by atoms with Gasteiger partial charge in [0, 0.05) is 30.2 Å². The zero-order valence-electron chi connectivity index (χ0n) is 39.0. The van der Waals surface area contributed by atoms with E-state index in [4.69, 9.17) is 38.7 Å². The van der Waals surface area contributed by atoms with Crippen LogP contribution in [0.1, 0.15) is 61.1 Å². The molecule has 3 aliphatic rings. The molecular formula is C52H65FN6O9.